The van der Waals surface area contributed by atoms with Gasteiger partial charge in [-0.25, -0.2) is 4.79 Å². The maximum absolute atomic E-state index is 13.0. The van der Waals surface area contributed by atoms with Crippen molar-refractivity contribution in [3.8, 4) is 0 Å². The van der Waals surface area contributed by atoms with E-state index in [1.807, 2.05) is 24.3 Å². The molecule has 1 aliphatic rings. The number of benzene rings is 1. The lowest BCUT2D eigenvalue weighted by molar-refractivity contribution is -0.121. The number of ether oxygens (including phenoxy) is 1. The highest BCUT2D eigenvalue weighted by Crippen LogP contribution is 2.36. The fourth-order valence-electron chi connectivity index (χ4n) is 4.34. The van der Waals surface area contributed by atoms with Crippen molar-refractivity contribution in [2.45, 2.75) is 52.0 Å². The number of aromatic nitrogens is 1. The Balaban J connectivity index is 1.85. The molecule has 7 heteroatoms. The highest BCUT2D eigenvalue weighted by Gasteiger charge is 2.29. The van der Waals surface area contributed by atoms with Gasteiger partial charge < -0.3 is 15.0 Å². The Morgan fingerprint density at radius 3 is 2.40 bits per heavy atom. The summed E-state index contributed by atoms with van der Waals surface area (Å²) in [5.74, 6) is -0.630. The third-order valence-corrected chi connectivity index (χ3v) is 6.08. The number of H-pyrrole nitrogens is 1. The zero-order valence-electron chi connectivity index (χ0n) is 17.5. The van der Waals surface area contributed by atoms with Gasteiger partial charge in [0.1, 0.15) is 0 Å². The molecule has 0 radical (unpaired) electrons. The van der Waals surface area contributed by atoms with E-state index in [-0.39, 0.29) is 29.7 Å². The highest BCUT2D eigenvalue weighted by molar-refractivity contribution is 6.30. The van der Waals surface area contributed by atoms with Crippen LogP contribution in [-0.2, 0) is 16.0 Å². The van der Waals surface area contributed by atoms with Crippen molar-refractivity contribution in [2.24, 2.45) is 5.92 Å². The van der Waals surface area contributed by atoms with Gasteiger partial charge in [-0.15, -0.1) is 0 Å². The van der Waals surface area contributed by atoms with Gasteiger partial charge in [0.25, 0.3) is 0 Å². The lowest BCUT2D eigenvalue weighted by Gasteiger charge is -2.25. The Kier molecular flexibility index (Phi) is 6.98. The molecule has 1 heterocycles. The highest BCUT2D eigenvalue weighted by atomic mass is 35.5. The molecular formula is C23H27ClN2O4. The quantitative estimate of drug-likeness (QED) is 0.498. The van der Waals surface area contributed by atoms with Crippen LogP contribution in [0.5, 0.6) is 0 Å². The standard InChI is InChI=1S/C23H27ClN2O4/c1-13-20(23(29)30-3)18(25-21(13)14(2)27)12-19(28)26-22(15-6-4-5-7-15)16-8-10-17(24)11-9-16/h8-11,15,22,25H,4-7,12H2,1-3H3,(H,26,28). The predicted octanol–water partition coefficient (Wildman–Crippen LogP) is 4.56. The van der Waals surface area contributed by atoms with Crippen LogP contribution in [0.25, 0.3) is 0 Å². The second-order valence-electron chi connectivity index (χ2n) is 7.84. The molecule has 1 unspecified atom stereocenters. The van der Waals surface area contributed by atoms with E-state index in [4.69, 9.17) is 16.3 Å². The normalized spacial score (nSPS) is 15.1. The molecule has 0 spiro atoms. The van der Waals surface area contributed by atoms with Gasteiger partial charge >= 0.3 is 5.97 Å². The number of nitrogens with one attached hydrogen (secondary N) is 2. The summed E-state index contributed by atoms with van der Waals surface area (Å²) in [7, 11) is 1.28. The summed E-state index contributed by atoms with van der Waals surface area (Å²) in [4.78, 5) is 40.1. The van der Waals surface area contributed by atoms with Crippen molar-refractivity contribution in [2.75, 3.05) is 7.11 Å². The number of amides is 1. The van der Waals surface area contributed by atoms with Crippen LogP contribution in [0.2, 0.25) is 5.02 Å². The van der Waals surface area contributed by atoms with Crippen molar-refractivity contribution in [3.63, 3.8) is 0 Å². The van der Waals surface area contributed by atoms with Crippen LogP contribution in [0, 0.1) is 12.8 Å². The Bertz CT molecular complexity index is 943. The summed E-state index contributed by atoms with van der Waals surface area (Å²) in [5.41, 5.74) is 2.48. The first kappa shape index (κ1) is 22.1. The second-order valence-corrected chi connectivity index (χ2v) is 8.28. The molecule has 2 N–H and O–H groups in total. The molecule has 0 aliphatic heterocycles. The van der Waals surface area contributed by atoms with Gasteiger partial charge in [-0.05, 0) is 48.9 Å². The largest absolute Gasteiger partial charge is 0.465 e. The number of carbonyl (C=O) groups is 3. The summed E-state index contributed by atoms with van der Waals surface area (Å²) in [5, 5.41) is 3.80. The number of hydrogen-bond acceptors (Lipinski definition) is 4. The maximum Gasteiger partial charge on any atom is 0.339 e. The van der Waals surface area contributed by atoms with Crippen molar-refractivity contribution in [1.82, 2.24) is 10.3 Å². The molecule has 1 saturated carbocycles. The van der Waals surface area contributed by atoms with Gasteiger partial charge in [-0.1, -0.05) is 36.6 Å². The molecule has 1 fully saturated rings. The van der Waals surface area contributed by atoms with Crippen LogP contribution in [0.3, 0.4) is 0 Å². The van der Waals surface area contributed by atoms with Crippen molar-refractivity contribution in [1.29, 1.82) is 0 Å². The minimum absolute atomic E-state index is 0.0463. The third-order valence-electron chi connectivity index (χ3n) is 5.82. The molecule has 1 amide bonds. The van der Waals surface area contributed by atoms with E-state index < -0.39 is 5.97 Å². The van der Waals surface area contributed by atoms with Gasteiger partial charge in [0.15, 0.2) is 5.78 Å². The number of carbonyl (C=O) groups excluding carboxylic acids is 3. The van der Waals surface area contributed by atoms with E-state index in [0.717, 1.165) is 31.2 Å². The molecule has 160 valence electrons. The molecule has 2 aromatic rings. The lowest BCUT2D eigenvalue weighted by atomic mass is 9.91. The van der Waals surface area contributed by atoms with Crippen LogP contribution < -0.4 is 5.32 Å². The molecule has 1 aliphatic carbocycles. The average molecular weight is 431 g/mol. The fourth-order valence-corrected chi connectivity index (χ4v) is 4.47. The molecule has 6 nitrogen and oxygen atoms in total. The minimum Gasteiger partial charge on any atom is -0.465 e. The first-order valence-electron chi connectivity index (χ1n) is 10.2. The predicted molar refractivity (Wildman–Crippen MR) is 115 cm³/mol. The second kappa shape index (κ2) is 9.47. The molecule has 30 heavy (non-hydrogen) atoms. The maximum atomic E-state index is 13.0. The van der Waals surface area contributed by atoms with Gasteiger partial charge in [-0.3, -0.25) is 9.59 Å². The summed E-state index contributed by atoms with van der Waals surface area (Å²) in [6, 6.07) is 7.42. The van der Waals surface area contributed by atoms with E-state index in [9.17, 15) is 14.4 Å². The Morgan fingerprint density at radius 1 is 1.20 bits per heavy atom. The smallest absolute Gasteiger partial charge is 0.339 e. The number of aromatic amines is 1. The van der Waals surface area contributed by atoms with Crippen LogP contribution in [0.15, 0.2) is 24.3 Å². The van der Waals surface area contributed by atoms with Crippen molar-refractivity contribution in [3.05, 3.63) is 57.4 Å². The monoisotopic (exact) mass is 430 g/mol. The number of rotatable bonds is 7. The molecule has 0 bridgehead atoms. The topological polar surface area (TPSA) is 88.3 Å². The van der Waals surface area contributed by atoms with Crippen LogP contribution in [0.4, 0.5) is 0 Å². The first-order chi connectivity index (χ1) is 14.3. The fraction of sp³-hybridized carbons (Fsp3) is 0.435. The molecular weight excluding hydrogens is 404 g/mol. The van der Waals surface area contributed by atoms with Gasteiger partial charge in [0.05, 0.1) is 30.8 Å². The van der Waals surface area contributed by atoms with E-state index in [2.05, 4.69) is 10.3 Å². The molecule has 1 aromatic carbocycles. The Labute approximate surface area is 181 Å². The van der Waals surface area contributed by atoms with Gasteiger partial charge in [0, 0.05) is 17.6 Å². The van der Waals surface area contributed by atoms with Crippen molar-refractivity contribution < 1.29 is 19.1 Å². The average Bonchev–Trinajstić information content (AvgIpc) is 3.35. The van der Waals surface area contributed by atoms with Gasteiger partial charge in [0.2, 0.25) is 5.91 Å². The minimum atomic E-state index is -0.566. The summed E-state index contributed by atoms with van der Waals surface area (Å²) in [6.07, 6.45) is 4.35. The summed E-state index contributed by atoms with van der Waals surface area (Å²) in [6.45, 7) is 3.09. The van der Waals surface area contributed by atoms with Gasteiger partial charge in [-0.2, -0.15) is 0 Å². The van der Waals surface area contributed by atoms with E-state index in [1.54, 1.807) is 6.92 Å². The summed E-state index contributed by atoms with van der Waals surface area (Å²) >= 11 is 6.03. The molecule has 1 atom stereocenters. The first-order valence-corrected chi connectivity index (χ1v) is 10.5. The van der Waals surface area contributed by atoms with Crippen LogP contribution in [-0.4, -0.2) is 29.8 Å². The Morgan fingerprint density at radius 2 is 1.83 bits per heavy atom. The number of ketones is 1. The number of halogens is 1. The summed E-state index contributed by atoms with van der Waals surface area (Å²) < 4.78 is 4.86. The third kappa shape index (κ3) is 4.75. The van der Waals surface area contributed by atoms with Crippen LogP contribution >= 0.6 is 11.6 Å². The SMILES string of the molecule is COC(=O)c1c(CC(=O)NC(c2ccc(Cl)cc2)C2CCCC2)[nH]c(C(C)=O)c1C. The lowest BCUT2D eigenvalue weighted by Crippen LogP contribution is -2.34. The zero-order valence-corrected chi connectivity index (χ0v) is 18.3. The molecule has 1 aromatic heterocycles. The number of methoxy groups -OCH3 is 1. The molecule has 0 saturated heterocycles. The van der Waals surface area contributed by atoms with E-state index in [1.165, 1.54) is 14.0 Å². The Hall–Kier alpha value is -2.60. The van der Waals surface area contributed by atoms with Crippen molar-refractivity contribution >= 4 is 29.3 Å². The molecule has 3 rings (SSSR count). The van der Waals surface area contributed by atoms with E-state index in [0.29, 0.717) is 27.9 Å². The number of Topliss-reactive ketones (excluding diaryl/α,β-unsaturated/α-hetero) is 1. The zero-order chi connectivity index (χ0) is 21.8. The van der Waals surface area contributed by atoms with E-state index >= 15 is 0 Å². The number of hydrogen-bond donors (Lipinski definition) is 2. The van der Waals surface area contributed by atoms with Crippen LogP contribution in [0.1, 0.15) is 76.3 Å². The number of esters is 1.